The fourth-order valence-electron chi connectivity index (χ4n) is 0.542. The summed E-state index contributed by atoms with van der Waals surface area (Å²) < 4.78 is 0. The normalized spacial score (nSPS) is 16.4. The predicted octanol–water partition coefficient (Wildman–Crippen LogP) is 1.47. The minimum absolute atomic E-state index is 0.792. The molecule has 0 unspecified atom stereocenters. The van der Waals surface area contributed by atoms with Crippen LogP contribution >= 0.6 is 0 Å². The maximum absolute atomic E-state index is 3.84. The number of nitrogens with zero attached hydrogens (tertiary/aromatic N) is 2. The van der Waals surface area contributed by atoms with Crippen LogP contribution in [0.5, 0.6) is 0 Å². The number of hydrogen-bond donors (Lipinski definition) is 0. The van der Waals surface area contributed by atoms with Crippen molar-refractivity contribution >= 4 is 6.01 Å². The molecule has 0 spiro atoms. The second kappa shape index (κ2) is 2.43. The van der Waals surface area contributed by atoms with Crippen LogP contribution < -0.4 is 0 Å². The van der Waals surface area contributed by atoms with Gasteiger partial charge in [-0.15, -0.1) is 0 Å². The van der Waals surface area contributed by atoms with Crippen LogP contribution in [0.15, 0.2) is 21.8 Å². The number of rotatable bonds is 1. The Labute approximate surface area is 48.7 Å². The van der Waals surface area contributed by atoms with Crippen molar-refractivity contribution in [2.75, 3.05) is 6.54 Å². The Morgan fingerprint density at radius 1 is 1.88 bits per heavy atom. The van der Waals surface area contributed by atoms with Crippen molar-refractivity contribution in [3.63, 3.8) is 0 Å². The summed E-state index contributed by atoms with van der Waals surface area (Å²) in [7, 11) is 0. The average Bonchev–Trinajstić information content (AvgIpc) is 1.90. The van der Waals surface area contributed by atoms with Gasteiger partial charge in [-0.1, -0.05) is 6.92 Å². The third kappa shape index (κ3) is 1.04. The summed E-state index contributed by atoms with van der Waals surface area (Å²) in [6.07, 6.45) is 2.88. The lowest BCUT2D eigenvalue weighted by molar-refractivity contribution is 0.990. The molecule has 42 valence electrons. The van der Waals surface area contributed by atoms with Gasteiger partial charge in [0, 0.05) is 6.20 Å². The van der Waals surface area contributed by atoms with Gasteiger partial charge in [0.25, 0.3) is 0 Å². The van der Waals surface area contributed by atoms with Crippen molar-refractivity contribution < 1.29 is 0 Å². The first-order valence-electron chi connectivity index (χ1n) is 2.72. The van der Waals surface area contributed by atoms with E-state index in [1.54, 1.807) is 0 Å². The Bertz CT molecular complexity index is 161. The quantitative estimate of drug-likeness (QED) is 0.486. The monoisotopic (exact) mass is 108 g/mol. The molecule has 0 bridgehead atoms. The highest BCUT2D eigenvalue weighted by atomic mass is 14.8. The van der Waals surface area contributed by atoms with E-state index in [0.717, 1.165) is 13.0 Å². The topological polar surface area (TPSA) is 24.7 Å². The summed E-state index contributed by atoms with van der Waals surface area (Å²) in [6, 6.07) is 2.52. The van der Waals surface area contributed by atoms with Gasteiger partial charge in [-0.05, 0) is 12.0 Å². The van der Waals surface area contributed by atoms with Crippen LogP contribution in [0.25, 0.3) is 0 Å². The molecule has 0 atom stereocenters. The first-order chi connectivity index (χ1) is 3.93. The van der Waals surface area contributed by atoms with E-state index in [0.29, 0.717) is 0 Å². The van der Waals surface area contributed by atoms with Crippen LogP contribution in [0.3, 0.4) is 0 Å². The van der Waals surface area contributed by atoms with Crippen LogP contribution in [-0.2, 0) is 0 Å². The highest BCUT2D eigenvalue weighted by molar-refractivity contribution is 5.45. The molecule has 1 rings (SSSR count). The highest BCUT2D eigenvalue weighted by Gasteiger charge is 1.91. The van der Waals surface area contributed by atoms with Crippen molar-refractivity contribution in [2.45, 2.75) is 13.3 Å². The van der Waals surface area contributed by atoms with Gasteiger partial charge in [0.2, 0.25) is 0 Å². The highest BCUT2D eigenvalue weighted by Crippen LogP contribution is 2.02. The summed E-state index contributed by atoms with van der Waals surface area (Å²) in [4.78, 5) is 7.60. The lowest BCUT2D eigenvalue weighted by atomic mass is 10.2. The van der Waals surface area contributed by atoms with E-state index in [1.165, 1.54) is 5.57 Å². The van der Waals surface area contributed by atoms with Gasteiger partial charge in [-0.2, -0.15) is 4.99 Å². The van der Waals surface area contributed by atoms with Crippen LogP contribution in [0.1, 0.15) is 13.3 Å². The van der Waals surface area contributed by atoms with E-state index in [1.807, 2.05) is 6.20 Å². The van der Waals surface area contributed by atoms with Gasteiger partial charge in [-0.25, -0.2) is 4.99 Å². The Morgan fingerprint density at radius 3 is 3.12 bits per heavy atom. The Hall–Kier alpha value is -0.880. The summed E-state index contributed by atoms with van der Waals surface area (Å²) >= 11 is 0. The fourth-order valence-corrected chi connectivity index (χ4v) is 0.542. The zero-order chi connectivity index (χ0) is 5.82. The van der Waals surface area contributed by atoms with Gasteiger partial charge < -0.3 is 0 Å². The molecule has 0 amide bonds. The van der Waals surface area contributed by atoms with E-state index in [4.69, 9.17) is 0 Å². The van der Waals surface area contributed by atoms with Gasteiger partial charge in [0.15, 0.2) is 0 Å². The molecule has 0 fully saturated rings. The van der Waals surface area contributed by atoms with Crippen molar-refractivity contribution in [3.8, 4) is 0 Å². The second-order valence-electron chi connectivity index (χ2n) is 1.69. The largest absolute Gasteiger partial charge is 0.221 e. The predicted molar refractivity (Wildman–Crippen MR) is 33.1 cm³/mol. The van der Waals surface area contributed by atoms with Crippen molar-refractivity contribution in [1.29, 1.82) is 0 Å². The Morgan fingerprint density at radius 2 is 2.75 bits per heavy atom. The summed E-state index contributed by atoms with van der Waals surface area (Å²) in [6.45, 7) is 2.89. The van der Waals surface area contributed by atoms with E-state index in [2.05, 4.69) is 22.9 Å². The average molecular weight is 108 g/mol. The molecule has 2 heteroatoms. The van der Waals surface area contributed by atoms with Crippen LogP contribution in [0.2, 0.25) is 0 Å². The molecule has 2 nitrogen and oxygen atoms in total. The van der Waals surface area contributed by atoms with E-state index in [-0.39, 0.29) is 0 Å². The maximum Gasteiger partial charge on any atom is 0.0946 e. The zero-order valence-corrected chi connectivity index (χ0v) is 4.89. The lowest BCUT2D eigenvalue weighted by Crippen LogP contribution is -1.88. The van der Waals surface area contributed by atoms with Gasteiger partial charge in [0.05, 0.1) is 12.6 Å². The van der Waals surface area contributed by atoms with Gasteiger partial charge in [-0.3, -0.25) is 0 Å². The van der Waals surface area contributed by atoms with E-state index < -0.39 is 0 Å². The van der Waals surface area contributed by atoms with E-state index >= 15 is 0 Å². The molecule has 0 radical (unpaired) electrons. The summed E-state index contributed by atoms with van der Waals surface area (Å²) in [5, 5.41) is 0. The third-order valence-corrected chi connectivity index (χ3v) is 1.11. The van der Waals surface area contributed by atoms with Crippen LogP contribution in [0.4, 0.5) is 0 Å². The van der Waals surface area contributed by atoms with Gasteiger partial charge in [0.1, 0.15) is 0 Å². The van der Waals surface area contributed by atoms with Crippen LogP contribution in [-0.4, -0.2) is 12.6 Å². The molecular formula is C6H8N2. The first-order valence-corrected chi connectivity index (χ1v) is 2.72. The molecule has 0 aromatic carbocycles. The van der Waals surface area contributed by atoms with E-state index in [9.17, 15) is 0 Å². The first kappa shape index (κ1) is 5.26. The Balaban J connectivity index is 2.63. The van der Waals surface area contributed by atoms with Crippen molar-refractivity contribution in [2.24, 2.45) is 9.98 Å². The minimum atomic E-state index is 0.792. The zero-order valence-electron chi connectivity index (χ0n) is 4.89. The summed E-state index contributed by atoms with van der Waals surface area (Å²) in [5.41, 5.74) is 1.28. The lowest BCUT2D eigenvalue weighted by Gasteiger charge is -1.96. The van der Waals surface area contributed by atoms with Crippen molar-refractivity contribution in [1.82, 2.24) is 0 Å². The van der Waals surface area contributed by atoms with Crippen molar-refractivity contribution in [3.05, 3.63) is 11.8 Å². The SMILES string of the molecule is CCC1=CN=C=NC1. The maximum atomic E-state index is 3.84. The standard InChI is InChI=1S/C6H8N2/c1-2-6-3-7-5-8-4-6/h3H,2,4H2,1H3. The third-order valence-electron chi connectivity index (χ3n) is 1.11. The number of hydrogen-bond acceptors (Lipinski definition) is 2. The summed E-state index contributed by atoms with van der Waals surface area (Å²) in [5.74, 6) is 0. The molecule has 1 aliphatic heterocycles. The molecule has 0 saturated heterocycles. The molecular weight excluding hydrogens is 100 g/mol. The fraction of sp³-hybridized carbons (Fsp3) is 0.500. The van der Waals surface area contributed by atoms with Crippen LogP contribution in [0, 0.1) is 0 Å². The molecule has 0 aromatic heterocycles. The molecule has 8 heavy (non-hydrogen) atoms. The molecule has 0 saturated carbocycles. The van der Waals surface area contributed by atoms with Gasteiger partial charge >= 0.3 is 0 Å². The smallest absolute Gasteiger partial charge is 0.0946 e. The molecule has 0 N–H and O–H groups in total. The number of aliphatic imine (C=N–C) groups is 2. The molecule has 0 aromatic rings. The Kier molecular flexibility index (Phi) is 1.60. The molecule has 0 aliphatic carbocycles. The molecule has 1 heterocycles. The molecule has 1 aliphatic rings. The second-order valence-corrected chi connectivity index (χ2v) is 1.69. The minimum Gasteiger partial charge on any atom is -0.221 e.